The second-order valence-corrected chi connectivity index (χ2v) is 4.10. The lowest BCUT2D eigenvalue weighted by molar-refractivity contribution is -0.139. The molecule has 1 heterocycles. The quantitative estimate of drug-likeness (QED) is 0.646. The molecule has 1 unspecified atom stereocenters. The summed E-state index contributed by atoms with van der Waals surface area (Å²) in [5, 5.41) is 17.7. The van der Waals surface area contributed by atoms with Gasteiger partial charge < -0.3 is 15.1 Å². The van der Waals surface area contributed by atoms with E-state index >= 15 is 0 Å². The molecular weight excluding hydrogens is 212 g/mol. The second-order valence-electron chi connectivity index (χ2n) is 4.10. The Morgan fingerprint density at radius 2 is 1.81 bits per heavy atom. The third kappa shape index (κ3) is 4.16. The van der Waals surface area contributed by atoms with Gasteiger partial charge in [-0.05, 0) is 6.92 Å². The van der Waals surface area contributed by atoms with E-state index in [0.717, 1.165) is 0 Å². The number of nitrogens with zero attached hydrogens (tertiary/aromatic N) is 2. The summed E-state index contributed by atoms with van der Waals surface area (Å²) in [5.41, 5.74) is 0. The van der Waals surface area contributed by atoms with Crippen LogP contribution in [0.1, 0.15) is 13.3 Å². The van der Waals surface area contributed by atoms with Crippen LogP contribution in [0.25, 0.3) is 0 Å². The molecule has 16 heavy (non-hydrogen) atoms. The molecule has 6 heteroatoms. The molecule has 6 nitrogen and oxygen atoms in total. The number of carboxylic acids is 1. The lowest BCUT2D eigenvalue weighted by Gasteiger charge is -2.34. The standard InChI is InChI=1S/C10H18N2O4/c1-8(13)6-9(14)12-4-2-11(3-5-12)7-10(15)16/h8,13H,2-7H2,1H3,(H,15,16). The van der Waals surface area contributed by atoms with Crippen LogP contribution in [0.3, 0.4) is 0 Å². The molecule has 0 aromatic rings. The van der Waals surface area contributed by atoms with Gasteiger partial charge in [0.15, 0.2) is 0 Å². The van der Waals surface area contributed by atoms with Crippen molar-refractivity contribution in [2.24, 2.45) is 0 Å². The van der Waals surface area contributed by atoms with E-state index in [2.05, 4.69) is 0 Å². The van der Waals surface area contributed by atoms with Crippen molar-refractivity contribution < 1.29 is 19.8 Å². The Morgan fingerprint density at radius 1 is 1.25 bits per heavy atom. The van der Waals surface area contributed by atoms with Gasteiger partial charge in [-0.2, -0.15) is 0 Å². The van der Waals surface area contributed by atoms with Crippen LogP contribution in [0.5, 0.6) is 0 Å². The Morgan fingerprint density at radius 3 is 2.25 bits per heavy atom. The molecular formula is C10H18N2O4. The van der Waals surface area contributed by atoms with Gasteiger partial charge in [-0.25, -0.2) is 0 Å². The molecule has 1 amide bonds. The summed E-state index contributed by atoms with van der Waals surface area (Å²) in [7, 11) is 0. The third-order valence-corrected chi connectivity index (χ3v) is 2.55. The number of rotatable bonds is 4. The summed E-state index contributed by atoms with van der Waals surface area (Å²) in [5.74, 6) is -0.909. The molecule has 0 aromatic carbocycles. The van der Waals surface area contributed by atoms with Crippen LogP contribution in [0.2, 0.25) is 0 Å². The number of aliphatic carboxylic acids is 1. The van der Waals surface area contributed by atoms with Gasteiger partial charge in [0.2, 0.25) is 5.91 Å². The molecule has 1 rings (SSSR count). The van der Waals surface area contributed by atoms with E-state index in [1.165, 1.54) is 0 Å². The molecule has 0 radical (unpaired) electrons. The van der Waals surface area contributed by atoms with Crippen molar-refractivity contribution in [1.29, 1.82) is 0 Å². The van der Waals surface area contributed by atoms with Gasteiger partial charge in [-0.3, -0.25) is 14.5 Å². The molecule has 2 N–H and O–H groups in total. The Balaban J connectivity index is 2.31. The predicted octanol–water partition coefficient (Wildman–Crippen LogP) is -1.01. The van der Waals surface area contributed by atoms with Crippen molar-refractivity contribution in [2.45, 2.75) is 19.4 Å². The zero-order chi connectivity index (χ0) is 12.1. The Kier molecular flexibility index (Phi) is 4.70. The highest BCUT2D eigenvalue weighted by molar-refractivity contribution is 5.76. The van der Waals surface area contributed by atoms with Gasteiger partial charge in [0.05, 0.1) is 19.1 Å². The smallest absolute Gasteiger partial charge is 0.317 e. The minimum absolute atomic E-state index is 0.0262. The first-order valence-electron chi connectivity index (χ1n) is 5.39. The van der Waals surface area contributed by atoms with Crippen LogP contribution in [0.4, 0.5) is 0 Å². The number of aliphatic hydroxyl groups is 1. The number of amides is 1. The molecule has 1 aliphatic heterocycles. The molecule has 0 saturated carbocycles. The number of carboxylic acid groups (broad SMARTS) is 1. The number of aliphatic hydroxyl groups excluding tert-OH is 1. The van der Waals surface area contributed by atoms with E-state index in [1.807, 2.05) is 0 Å². The number of hydrogen-bond donors (Lipinski definition) is 2. The van der Waals surface area contributed by atoms with Gasteiger partial charge in [0, 0.05) is 26.2 Å². The second kappa shape index (κ2) is 5.81. The highest BCUT2D eigenvalue weighted by Crippen LogP contribution is 2.05. The van der Waals surface area contributed by atoms with Crippen molar-refractivity contribution in [1.82, 2.24) is 9.80 Å². The Labute approximate surface area is 94.4 Å². The fourth-order valence-electron chi connectivity index (χ4n) is 1.73. The van der Waals surface area contributed by atoms with Gasteiger partial charge in [0.25, 0.3) is 0 Å². The lowest BCUT2D eigenvalue weighted by atomic mass is 10.2. The SMILES string of the molecule is CC(O)CC(=O)N1CCN(CC(=O)O)CC1. The van der Waals surface area contributed by atoms with E-state index in [4.69, 9.17) is 10.2 Å². The highest BCUT2D eigenvalue weighted by atomic mass is 16.4. The van der Waals surface area contributed by atoms with Crippen LogP contribution in [0.15, 0.2) is 0 Å². The summed E-state index contributed by atoms with van der Waals surface area (Å²) in [6, 6.07) is 0. The number of hydrogen-bond acceptors (Lipinski definition) is 4. The van der Waals surface area contributed by atoms with Gasteiger partial charge >= 0.3 is 5.97 Å². The topological polar surface area (TPSA) is 81.1 Å². The zero-order valence-corrected chi connectivity index (χ0v) is 9.43. The maximum atomic E-state index is 11.6. The molecule has 0 aromatic heterocycles. The molecule has 1 aliphatic rings. The number of piperazine rings is 1. The largest absolute Gasteiger partial charge is 0.480 e. The first kappa shape index (κ1) is 12.9. The van der Waals surface area contributed by atoms with E-state index in [0.29, 0.717) is 26.2 Å². The van der Waals surface area contributed by atoms with Crippen molar-refractivity contribution in [3.8, 4) is 0 Å². The maximum Gasteiger partial charge on any atom is 0.317 e. The maximum absolute atomic E-state index is 11.6. The number of carbonyl (C=O) groups is 2. The summed E-state index contributed by atoms with van der Waals surface area (Å²) in [6.45, 7) is 3.85. The molecule has 1 fully saturated rings. The van der Waals surface area contributed by atoms with E-state index in [1.54, 1.807) is 16.7 Å². The van der Waals surface area contributed by atoms with E-state index < -0.39 is 12.1 Å². The summed E-state index contributed by atoms with van der Waals surface area (Å²) in [6.07, 6.45) is -0.483. The van der Waals surface area contributed by atoms with Crippen LogP contribution in [-0.4, -0.2) is 70.7 Å². The lowest BCUT2D eigenvalue weighted by Crippen LogP contribution is -2.50. The molecule has 0 bridgehead atoms. The van der Waals surface area contributed by atoms with E-state index in [-0.39, 0.29) is 18.9 Å². The first-order chi connectivity index (χ1) is 7.49. The molecule has 0 spiro atoms. The first-order valence-corrected chi connectivity index (χ1v) is 5.39. The zero-order valence-electron chi connectivity index (χ0n) is 9.43. The summed E-state index contributed by atoms with van der Waals surface area (Å²) < 4.78 is 0. The van der Waals surface area contributed by atoms with Gasteiger partial charge in [-0.15, -0.1) is 0 Å². The van der Waals surface area contributed by atoms with Crippen molar-refractivity contribution in [2.75, 3.05) is 32.7 Å². The fourth-order valence-corrected chi connectivity index (χ4v) is 1.73. The van der Waals surface area contributed by atoms with Crippen LogP contribution >= 0.6 is 0 Å². The summed E-state index contributed by atoms with van der Waals surface area (Å²) >= 11 is 0. The summed E-state index contributed by atoms with van der Waals surface area (Å²) in [4.78, 5) is 25.5. The Hall–Kier alpha value is -1.14. The minimum atomic E-state index is -0.844. The van der Waals surface area contributed by atoms with Crippen molar-refractivity contribution in [3.63, 3.8) is 0 Å². The highest BCUT2D eigenvalue weighted by Gasteiger charge is 2.22. The molecule has 1 saturated heterocycles. The normalized spacial score (nSPS) is 19.5. The third-order valence-electron chi connectivity index (χ3n) is 2.55. The monoisotopic (exact) mass is 230 g/mol. The Bertz CT molecular complexity index is 260. The molecule has 1 atom stereocenters. The molecule has 92 valence electrons. The predicted molar refractivity (Wildman–Crippen MR) is 57.0 cm³/mol. The molecule has 0 aliphatic carbocycles. The van der Waals surface area contributed by atoms with Gasteiger partial charge in [-0.1, -0.05) is 0 Å². The average molecular weight is 230 g/mol. The van der Waals surface area contributed by atoms with E-state index in [9.17, 15) is 9.59 Å². The van der Waals surface area contributed by atoms with Crippen LogP contribution in [0, 0.1) is 0 Å². The minimum Gasteiger partial charge on any atom is -0.480 e. The average Bonchev–Trinajstić information content (AvgIpc) is 2.16. The fraction of sp³-hybridized carbons (Fsp3) is 0.800. The van der Waals surface area contributed by atoms with Crippen molar-refractivity contribution >= 4 is 11.9 Å². The van der Waals surface area contributed by atoms with Crippen molar-refractivity contribution in [3.05, 3.63) is 0 Å². The number of carbonyl (C=O) groups excluding carboxylic acids is 1. The van der Waals surface area contributed by atoms with Crippen LogP contribution in [-0.2, 0) is 9.59 Å². The van der Waals surface area contributed by atoms with Gasteiger partial charge in [0.1, 0.15) is 0 Å². The van der Waals surface area contributed by atoms with Crippen LogP contribution < -0.4 is 0 Å².